The number of hydrogen-bond donors (Lipinski definition) is 1. The lowest BCUT2D eigenvalue weighted by molar-refractivity contribution is -0.137. The van der Waals surface area contributed by atoms with Gasteiger partial charge >= 0.3 is 5.97 Å². The molecule has 0 amide bonds. The maximum Gasteiger partial charge on any atom is 0.327 e. The van der Waals surface area contributed by atoms with Gasteiger partial charge in [-0.15, -0.1) is 0 Å². The Balaban J connectivity index is 2.58. The van der Waals surface area contributed by atoms with Crippen molar-refractivity contribution >= 4 is 33.3 Å². The maximum absolute atomic E-state index is 13.0. The quantitative estimate of drug-likeness (QED) is 0.892. The summed E-state index contributed by atoms with van der Waals surface area (Å²) in [6, 6.07) is 8.54. The van der Waals surface area contributed by atoms with E-state index in [2.05, 4.69) is 0 Å². The molecule has 0 aromatic heterocycles. The Labute approximate surface area is 138 Å². The fourth-order valence-corrected chi connectivity index (χ4v) is 3.72. The third-order valence-electron chi connectivity index (χ3n) is 3.16. The Morgan fingerprint density at radius 3 is 2.13 bits per heavy atom. The van der Waals surface area contributed by atoms with Crippen molar-refractivity contribution in [1.29, 1.82) is 0 Å². The van der Waals surface area contributed by atoms with Crippen LogP contribution in [0.15, 0.2) is 53.4 Å². The second-order valence-electron chi connectivity index (χ2n) is 4.75. The molecule has 1 N–H and O–H groups in total. The second-order valence-corrected chi connectivity index (χ2v) is 7.00. The lowest BCUT2D eigenvalue weighted by Gasteiger charge is -2.28. The first-order valence-corrected chi connectivity index (χ1v) is 8.33. The molecule has 5 nitrogen and oxygen atoms in total. The molecule has 0 radical (unpaired) electrons. The molecule has 122 valence electrons. The summed E-state index contributed by atoms with van der Waals surface area (Å²) in [6.07, 6.45) is 0. The summed E-state index contributed by atoms with van der Waals surface area (Å²) in [5.41, 5.74) is 0.147. The van der Waals surface area contributed by atoms with Gasteiger partial charge in [0.25, 0.3) is 10.0 Å². The van der Waals surface area contributed by atoms with Crippen LogP contribution < -0.4 is 4.31 Å². The maximum atomic E-state index is 13.0. The van der Waals surface area contributed by atoms with Crippen LogP contribution in [-0.4, -0.2) is 25.5 Å². The number of carboxylic acid groups (broad SMARTS) is 1. The zero-order valence-corrected chi connectivity index (χ0v) is 13.6. The molecular formula is C15H13ClFNO4S. The summed E-state index contributed by atoms with van der Waals surface area (Å²) in [4.78, 5) is 11.1. The first kappa shape index (κ1) is 17.2. The molecule has 0 spiro atoms. The highest BCUT2D eigenvalue weighted by atomic mass is 35.5. The molecule has 0 bridgehead atoms. The normalized spacial score (nSPS) is 12.7. The molecule has 0 aliphatic heterocycles. The molecule has 0 heterocycles. The first-order valence-electron chi connectivity index (χ1n) is 6.52. The second kappa shape index (κ2) is 6.55. The van der Waals surface area contributed by atoms with Gasteiger partial charge < -0.3 is 5.11 Å². The van der Waals surface area contributed by atoms with Gasteiger partial charge in [-0.25, -0.2) is 17.6 Å². The van der Waals surface area contributed by atoms with Crippen LogP contribution in [0.25, 0.3) is 0 Å². The van der Waals surface area contributed by atoms with Crippen molar-refractivity contribution in [2.75, 3.05) is 4.31 Å². The number of nitrogens with zero attached hydrogens (tertiary/aromatic N) is 1. The fourth-order valence-electron chi connectivity index (χ4n) is 1.98. The van der Waals surface area contributed by atoms with Gasteiger partial charge in [-0.05, 0) is 55.5 Å². The number of carboxylic acids is 1. The van der Waals surface area contributed by atoms with E-state index in [1.54, 1.807) is 0 Å². The van der Waals surface area contributed by atoms with Crippen molar-refractivity contribution in [3.63, 3.8) is 0 Å². The third kappa shape index (κ3) is 3.62. The molecule has 0 fully saturated rings. The van der Waals surface area contributed by atoms with E-state index in [1.165, 1.54) is 31.2 Å². The molecule has 0 aliphatic carbocycles. The molecule has 1 unspecified atom stereocenters. The Hall–Kier alpha value is -2.12. The van der Waals surface area contributed by atoms with Gasteiger partial charge in [0.05, 0.1) is 10.6 Å². The molecule has 2 aromatic rings. The van der Waals surface area contributed by atoms with Crippen LogP contribution in [0.2, 0.25) is 5.02 Å². The van der Waals surface area contributed by atoms with Crippen LogP contribution in [0.4, 0.5) is 10.1 Å². The fraction of sp³-hybridized carbons (Fsp3) is 0.133. The monoisotopic (exact) mass is 357 g/mol. The van der Waals surface area contributed by atoms with Crippen LogP contribution in [-0.2, 0) is 14.8 Å². The molecule has 2 rings (SSSR count). The van der Waals surface area contributed by atoms with Gasteiger partial charge in [0, 0.05) is 5.02 Å². The third-order valence-corrected chi connectivity index (χ3v) is 5.33. The van der Waals surface area contributed by atoms with Crippen molar-refractivity contribution in [3.05, 3.63) is 59.4 Å². The van der Waals surface area contributed by atoms with E-state index in [-0.39, 0.29) is 10.6 Å². The van der Waals surface area contributed by atoms with Gasteiger partial charge in [-0.2, -0.15) is 0 Å². The molecule has 23 heavy (non-hydrogen) atoms. The number of sulfonamides is 1. The Morgan fingerprint density at radius 2 is 1.65 bits per heavy atom. The summed E-state index contributed by atoms with van der Waals surface area (Å²) >= 11 is 5.78. The minimum atomic E-state index is -4.19. The molecule has 8 heteroatoms. The SMILES string of the molecule is CC(C(=O)O)N(c1ccc(Cl)cc1)S(=O)(=O)c1ccc(F)cc1. The average Bonchev–Trinajstić information content (AvgIpc) is 2.49. The van der Waals surface area contributed by atoms with E-state index < -0.39 is 27.9 Å². The number of anilines is 1. The Bertz CT molecular complexity index is 806. The van der Waals surface area contributed by atoms with Gasteiger partial charge in [-0.1, -0.05) is 11.6 Å². The van der Waals surface area contributed by atoms with Crippen LogP contribution in [0.3, 0.4) is 0 Å². The summed E-state index contributed by atoms with van der Waals surface area (Å²) in [5.74, 6) is -1.90. The number of rotatable bonds is 5. The first-order chi connectivity index (χ1) is 10.7. The van der Waals surface area contributed by atoms with Crippen LogP contribution in [0.1, 0.15) is 6.92 Å². The van der Waals surface area contributed by atoms with Crippen molar-refractivity contribution in [3.8, 4) is 0 Å². The molecule has 0 saturated carbocycles. The standard InChI is InChI=1S/C15H13ClFNO4S/c1-10(15(19)20)18(13-6-2-11(16)3-7-13)23(21,22)14-8-4-12(17)5-9-14/h2-10H,1H3,(H,19,20). The van der Waals surface area contributed by atoms with Crippen LogP contribution >= 0.6 is 11.6 Å². The van der Waals surface area contributed by atoms with Crippen LogP contribution in [0.5, 0.6) is 0 Å². The lowest BCUT2D eigenvalue weighted by Crippen LogP contribution is -2.43. The molecule has 2 aromatic carbocycles. The number of benzene rings is 2. The predicted octanol–water partition coefficient (Wildman–Crippen LogP) is 3.15. The van der Waals surface area contributed by atoms with Gasteiger partial charge in [-0.3, -0.25) is 4.31 Å². The van der Waals surface area contributed by atoms with Gasteiger partial charge in [0.1, 0.15) is 11.9 Å². The Morgan fingerprint density at radius 1 is 1.13 bits per heavy atom. The van der Waals surface area contributed by atoms with Crippen molar-refractivity contribution < 1.29 is 22.7 Å². The minimum Gasteiger partial charge on any atom is -0.480 e. The van der Waals surface area contributed by atoms with E-state index in [1.807, 2.05) is 0 Å². The lowest BCUT2D eigenvalue weighted by atomic mass is 10.2. The molecule has 0 saturated heterocycles. The van der Waals surface area contributed by atoms with Crippen molar-refractivity contribution in [2.24, 2.45) is 0 Å². The van der Waals surface area contributed by atoms with Crippen molar-refractivity contribution in [1.82, 2.24) is 0 Å². The highest BCUT2D eigenvalue weighted by Crippen LogP contribution is 2.27. The largest absolute Gasteiger partial charge is 0.480 e. The smallest absolute Gasteiger partial charge is 0.327 e. The minimum absolute atomic E-state index is 0.147. The van der Waals surface area contributed by atoms with Gasteiger partial charge in [0.2, 0.25) is 0 Å². The van der Waals surface area contributed by atoms with E-state index in [9.17, 15) is 22.7 Å². The summed E-state index contributed by atoms with van der Waals surface area (Å²) in [7, 11) is -4.19. The van der Waals surface area contributed by atoms with E-state index >= 15 is 0 Å². The van der Waals surface area contributed by atoms with Crippen molar-refractivity contribution in [2.45, 2.75) is 17.9 Å². The highest BCUT2D eigenvalue weighted by molar-refractivity contribution is 7.92. The zero-order chi connectivity index (χ0) is 17.2. The van der Waals surface area contributed by atoms with E-state index in [0.717, 1.165) is 28.6 Å². The number of halogens is 2. The summed E-state index contributed by atoms with van der Waals surface area (Å²) in [6.45, 7) is 1.25. The summed E-state index contributed by atoms with van der Waals surface area (Å²) < 4.78 is 39.3. The topological polar surface area (TPSA) is 74.7 Å². The number of aliphatic carboxylic acids is 1. The molecular weight excluding hydrogens is 345 g/mol. The molecule has 0 aliphatic rings. The van der Waals surface area contributed by atoms with E-state index in [4.69, 9.17) is 11.6 Å². The number of carbonyl (C=O) groups is 1. The van der Waals surface area contributed by atoms with Crippen LogP contribution in [0, 0.1) is 5.82 Å². The highest BCUT2D eigenvalue weighted by Gasteiger charge is 2.33. The summed E-state index contributed by atoms with van der Waals surface area (Å²) in [5, 5.41) is 9.62. The Kier molecular flexibility index (Phi) is 4.91. The molecule has 1 atom stereocenters. The average molecular weight is 358 g/mol. The number of hydrogen-bond acceptors (Lipinski definition) is 3. The van der Waals surface area contributed by atoms with E-state index in [0.29, 0.717) is 5.02 Å². The zero-order valence-electron chi connectivity index (χ0n) is 12.0. The van der Waals surface area contributed by atoms with Gasteiger partial charge in [0.15, 0.2) is 0 Å². The predicted molar refractivity (Wildman–Crippen MR) is 84.6 cm³/mol.